The topological polar surface area (TPSA) is 88.0 Å². The molecule has 0 bridgehead atoms. The van der Waals surface area contributed by atoms with Gasteiger partial charge in [0.25, 0.3) is 11.1 Å². The molecule has 0 aliphatic heterocycles. The minimum atomic E-state index is 0. The average Bonchev–Trinajstić information content (AvgIpc) is 2.95. The average molecular weight is 621 g/mol. The third-order valence-electron chi connectivity index (χ3n) is 7.16. The van der Waals surface area contributed by atoms with Crippen molar-refractivity contribution in [3.63, 3.8) is 0 Å². The molecule has 0 aliphatic rings. The highest BCUT2D eigenvalue weighted by atomic mass is 16.1. The van der Waals surface area contributed by atoms with Gasteiger partial charge >= 0.3 is 0 Å². The first kappa shape index (κ1) is 40.8. The smallest absolute Gasteiger partial charge is 0.253 e. The molecule has 0 saturated carbocycles. The van der Waals surface area contributed by atoms with Crippen molar-refractivity contribution in [3.05, 3.63) is 137 Å². The molecule has 4 aromatic heterocycles. The molecule has 8 nitrogen and oxygen atoms in total. The van der Waals surface area contributed by atoms with Crippen molar-refractivity contribution < 1.29 is 0 Å². The van der Waals surface area contributed by atoms with Gasteiger partial charge in [0.2, 0.25) is 11.1 Å². The normalized spacial score (nSPS) is 10.3. The van der Waals surface area contributed by atoms with E-state index in [1.165, 1.54) is 5.56 Å². The van der Waals surface area contributed by atoms with Crippen LogP contribution in [0.5, 0.6) is 0 Å². The van der Waals surface area contributed by atoms with Crippen LogP contribution in [0.4, 0.5) is 0 Å². The first-order chi connectivity index (χ1) is 20.5. The van der Waals surface area contributed by atoms with Gasteiger partial charge in [-0.2, -0.15) is 0 Å². The quantitative estimate of drug-likeness (QED) is 0.255. The molecular weight excluding hydrogens is 564 g/mol. The van der Waals surface area contributed by atoms with Gasteiger partial charge in [0.1, 0.15) is 0 Å². The first-order valence-corrected chi connectivity index (χ1v) is 15.1. The first-order valence-electron chi connectivity index (χ1n) is 15.1. The van der Waals surface area contributed by atoms with Gasteiger partial charge in [0.05, 0.1) is 0 Å². The molecule has 8 heteroatoms. The second-order valence-electron chi connectivity index (χ2n) is 12.2. The summed E-state index contributed by atoms with van der Waals surface area (Å²) in [4.78, 5) is 44.5. The van der Waals surface area contributed by atoms with Gasteiger partial charge < -0.3 is 18.3 Å². The van der Waals surface area contributed by atoms with Gasteiger partial charge in [-0.1, -0.05) is 81.0 Å². The minimum Gasteiger partial charge on any atom is -0.319 e. The molecule has 45 heavy (non-hydrogen) atoms. The van der Waals surface area contributed by atoms with Gasteiger partial charge in [0, 0.05) is 76.2 Å². The summed E-state index contributed by atoms with van der Waals surface area (Å²) in [7, 11) is 7.10. The molecule has 0 fully saturated rings. The second-order valence-corrected chi connectivity index (χ2v) is 12.2. The standard InChI is InChI=1S/4C9H13NO.CH4/c1-7(2)8-4-5-10(3)9(11)6-8;1-7(2)8-4-5-9(11)10(3)6-8;1-7(2)8-5-4-6-10(3)9(8)11;1-7(2)8-5-4-6-9(11)10(8)3;/h4*4-7H,1-3H3;1H4. The van der Waals surface area contributed by atoms with Crippen LogP contribution in [0.25, 0.3) is 0 Å². The molecule has 0 radical (unpaired) electrons. The largest absolute Gasteiger partial charge is 0.319 e. The summed E-state index contributed by atoms with van der Waals surface area (Å²) in [6.45, 7) is 16.6. The van der Waals surface area contributed by atoms with E-state index in [0.29, 0.717) is 23.7 Å². The zero-order valence-corrected chi connectivity index (χ0v) is 28.7. The second kappa shape index (κ2) is 19.2. The van der Waals surface area contributed by atoms with Crippen LogP contribution in [0.3, 0.4) is 0 Å². The van der Waals surface area contributed by atoms with Crippen molar-refractivity contribution >= 4 is 0 Å². The van der Waals surface area contributed by atoms with Crippen molar-refractivity contribution in [1.29, 1.82) is 0 Å². The fraction of sp³-hybridized carbons (Fsp3) is 0.459. The Labute approximate surface area is 269 Å². The lowest BCUT2D eigenvalue weighted by atomic mass is 10.1. The Morgan fingerprint density at radius 3 is 1.56 bits per heavy atom. The molecule has 4 rings (SSSR count). The third kappa shape index (κ3) is 13.1. The zero-order chi connectivity index (χ0) is 33.7. The van der Waals surface area contributed by atoms with Crippen molar-refractivity contribution in [2.75, 3.05) is 0 Å². The molecule has 4 heterocycles. The minimum absolute atomic E-state index is 0. The Hall–Kier alpha value is -4.20. The highest BCUT2D eigenvalue weighted by molar-refractivity contribution is 5.15. The zero-order valence-electron chi connectivity index (χ0n) is 28.7. The summed E-state index contributed by atoms with van der Waals surface area (Å²) < 4.78 is 6.47. The van der Waals surface area contributed by atoms with Crippen LogP contribution in [0, 0.1) is 0 Å². The van der Waals surface area contributed by atoms with E-state index in [9.17, 15) is 19.2 Å². The molecular formula is C37H56N4O4. The van der Waals surface area contributed by atoms with Crippen LogP contribution in [-0.4, -0.2) is 18.3 Å². The molecule has 0 amide bonds. The number of nitrogens with zero attached hydrogens (tertiary/aromatic N) is 4. The van der Waals surface area contributed by atoms with Crippen LogP contribution in [0.2, 0.25) is 0 Å². The van der Waals surface area contributed by atoms with Crippen LogP contribution < -0.4 is 22.2 Å². The van der Waals surface area contributed by atoms with Crippen molar-refractivity contribution in [2.24, 2.45) is 28.2 Å². The Balaban J connectivity index is 0.000000569. The van der Waals surface area contributed by atoms with Crippen LogP contribution >= 0.6 is 0 Å². The third-order valence-corrected chi connectivity index (χ3v) is 7.16. The van der Waals surface area contributed by atoms with E-state index in [1.54, 1.807) is 83.1 Å². The van der Waals surface area contributed by atoms with E-state index in [1.807, 2.05) is 50.4 Å². The van der Waals surface area contributed by atoms with E-state index in [4.69, 9.17) is 0 Å². The molecule has 0 spiro atoms. The molecule has 0 aliphatic carbocycles. The number of hydrogen-bond acceptors (Lipinski definition) is 4. The van der Waals surface area contributed by atoms with Crippen molar-refractivity contribution in [3.8, 4) is 0 Å². The fourth-order valence-corrected chi connectivity index (χ4v) is 4.10. The van der Waals surface area contributed by atoms with Gasteiger partial charge in [-0.3, -0.25) is 19.2 Å². The maximum Gasteiger partial charge on any atom is 0.253 e. The SMILES string of the molecule is C.CC(C)c1ccc(=O)n(C)c1.CC(C)c1cccc(=O)n1C.CC(C)c1cccn(C)c1=O.CC(C)c1ccn(C)c(=O)c1. The molecule has 0 aromatic carbocycles. The van der Waals surface area contributed by atoms with E-state index in [2.05, 4.69) is 41.5 Å². The van der Waals surface area contributed by atoms with Crippen molar-refractivity contribution in [2.45, 2.75) is 86.5 Å². The predicted octanol–water partition coefficient (Wildman–Crippen LogP) is 6.67. The molecule has 0 unspecified atom stereocenters. The predicted molar refractivity (Wildman–Crippen MR) is 190 cm³/mol. The summed E-state index contributed by atoms with van der Waals surface area (Å²) >= 11 is 0. The van der Waals surface area contributed by atoms with E-state index in [0.717, 1.165) is 16.8 Å². The van der Waals surface area contributed by atoms with Gasteiger partial charge in [-0.05, 0) is 53.0 Å². The lowest BCUT2D eigenvalue weighted by Crippen LogP contribution is -2.20. The highest BCUT2D eigenvalue weighted by Crippen LogP contribution is 2.11. The molecule has 0 saturated heterocycles. The van der Waals surface area contributed by atoms with Gasteiger partial charge in [-0.15, -0.1) is 0 Å². The number of aromatic nitrogens is 4. The molecule has 248 valence electrons. The lowest BCUT2D eigenvalue weighted by molar-refractivity contribution is 0.707. The number of pyridine rings is 4. The molecule has 0 atom stereocenters. The number of aryl methyl sites for hydroxylation is 3. The van der Waals surface area contributed by atoms with E-state index in [-0.39, 0.29) is 29.7 Å². The maximum atomic E-state index is 11.4. The Kier molecular flexibility index (Phi) is 17.4. The van der Waals surface area contributed by atoms with Crippen LogP contribution in [0.15, 0.2) is 92.4 Å². The summed E-state index contributed by atoms with van der Waals surface area (Å²) in [5.74, 6) is 1.65. The van der Waals surface area contributed by atoms with Gasteiger partial charge in [-0.25, -0.2) is 0 Å². The van der Waals surface area contributed by atoms with E-state index < -0.39 is 0 Å². The lowest BCUT2D eigenvalue weighted by Gasteiger charge is -2.09. The number of hydrogen-bond donors (Lipinski definition) is 0. The summed E-state index contributed by atoms with van der Waals surface area (Å²) in [5, 5.41) is 0. The van der Waals surface area contributed by atoms with E-state index >= 15 is 0 Å². The van der Waals surface area contributed by atoms with Crippen LogP contribution in [-0.2, 0) is 28.2 Å². The molecule has 0 N–H and O–H groups in total. The van der Waals surface area contributed by atoms with Gasteiger partial charge in [0.15, 0.2) is 0 Å². The van der Waals surface area contributed by atoms with Crippen LogP contribution in [0.1, 0.15) is 109 Å². The molecule has 4 aromatic rings. The number of rotatable bonds is 4. The Morgan fingerprint density at radius 1 is 0.511 bits per heavy atom. The fourth-order valence-electron chi connectivity index (χ4n) is 4.10. The summed E-state index contributed by atoms with van der Waals surface area (Å²) in [5.41, 5.74) is 4.57. The monoisotopic (exact) mass is 620 g/mol. The maximum absolute atomic E-state index is 11.4. The van der Waals surface area contributed by atoms with Crippen molar-refractivity contribution in [1.82, 2.24) is 18.3 Å². The summed E-state index contributed by atoms with van der Waals surface area (Å²) in [6, 6.07) is 16.3. The Morgan fingerprint density at radius 2 is 1.11 bits per heavy atom. The highest BCUT2D eigenvalue weighted by Gasteiger charge is 2.04. The Bertz CT molecular complexity index is 1700. The summed E-state index contributed by atoms with van der Waals surface area (Å²) in [6.07, 6.45) is 5.46.